The monoisotopic (exact) mass is 331 g/mol. The highest BCUT2D eigenvalue weighted by atomic mass is 16.4. The molecule has 0 fully saturated rings. The molecule has 25 heavy (non-hydrogen) atoms. The average Bonchev–Trinajstić information content (AvgIpc) is 2.61. The molecular weight excluding hydrogens is 314 g/mol. The van der Waals surface area contributed by atoms with Gasteiger partial charge >= 0.3 is 5.97 Å². The van der Waals surface area contributed by atoms with Gasteiger partial charge in [0.15, 0.2) is 0 Å². The number of aromatic hydroxyl groups is 1. The molecule has 4 heteroatoms. The molecule has 4 aromatic carbocycles. The van der Waals surface area contributed by atoms with E-state index in [1.54, 1.807) is 24.3 Å². The Morgan fingerprint density at radius 1 is 0.760 bits per heavy atom. The van der Waals surface area contributed by atoms with Gasteiger partial charge in [0.1, 0.15) is 5.75 Å². The Hall–Kier alpha value is -3.53. The molecule has 0 aliphatic carbocycles. The molecule has 0 heterocycles. The van der Waals surface area contributed by atoms with E-state index in [0.29, 0.717) is 11.4 Å². The number of carbonyl (C=O) groups is 1. The number of carboxylic acid groups (broad SMARTS) is 1. The van der Waals surface area contributed by atoms with E-state index in [4.69, 9.17) is 10.8 Å². The van der Waals surface area contributed by atoms with Crippen molar-refractivity contribution in [3.05, 3.63) is 84.4 Å². The van der Waals surface area contributed by atoms with Crippen molar-refractivity contribution >= 4 is 33.2 Å². The summed E-state index contributed by atoms with van der Waals surface area (Å²) in [7, 11) is 0. The van der Waals surface area contributed by atoms with E-state index in [2.05, 4.69) is 18.2 Å². The maximum atomic E-state index is 10.3. The molecule has 4 nitrogen and oxygen atoms in total. The summed E-state index contributed by atoms with van der Waals surface area (Å²) in [5, 5.41) is 22.6. The molecular formula is C21H17NO3. The Bertz CT molecular complexity index is 1060. The first kappa shape index (κ1) is 16.3. The molecule has 0 aliphatic rings. The van der Waals surface area contributed by atoms with Gasteiger partial charge in [-0.05, 0) is 46.5 Å². The molecule has 0 saturated heterocycles. The first-order valence-corrected chi connectivity index (χ1v) is 7.74. The summed E-state index contributed by atoms with van der Waals surface area (Å²) in [6.45, 7) is 0. The van der Waals surface area contributed by atoms with Gasteiger partial charge in [-0.1, -0.05) is 48.5 Å². The molecule has 0 unspecified atom stereocenters. The molecule has 0 radical (unpaired) electrons. The maximum absolute atomic E-state index is 10.3. The van der Waals surface area contributed by atoms with Crippen LogP contribution in [0.1, 0.15) is 10.4 Å². The van der Waals surface area contributed by atoms with Crippen LogP contribution in [0.5, 0.6) is 5.75 Å². The van der Waals surface area contributed by atoms with Crippen LogP contribution in [-0.2, 0) is 0 Å². The molecule has 4 aromatic rings. The first-order chi connectivity index (χ1) is 12.1. The number of phenols is 1. The zero-order chi connectivity index (χ0) is 17.8. The van der Waals surface area contributed by atoms with Crippen molar-refractivity contribution in [3.63, 3.8) is 0 Å². The Balaban J connectivity index is 0.000000160. The average molecular weight is 331 g/mol. The van der Waals surface area contributed by atoms with Gasteiger partial charge in [0.05, 0.1) is 5.56 Å². The third-order valence-electron chi connectivity index (χ3n) is 3.91. The van der Waals surface area contributed by atoms with Gasteiger partial charge in [-0.15, -0.1) is 0 Å². The summed E-state index contributed by atoms with van der Waals surface area (Å²) < 4.78 is 0. The third kappa shape index (κ3) is 3.53. The summed E-state index contributed by atoms with van der Waals surface area (Å²) in [5.74, 6) is -0.642. The summed E-state index contributed by atoms with van der Waals surface area (Å²) in [5.41, 5.74) is 5.80. The number of nitrogens with two attached hydrogens (primary N) is 1. The molecule has 0 saturated carbocycles. The fourth-order valence-electron chi connectivity index (χ4n) is 2.64. The smallest absolute Gasteiger partial charge is 0.337 e. The minimum Gasteiger partial charge on any atom is -0.507 e. The molecule has 0 amide bonds. The van der Waals surface area contributed by atoms with Gasteiger partial charge in [-0.2, -0.15) is 0 Å². The van der Waals surface area contributed by atoms with Crippen LogP contribution in [0, 0.1) is 0 Å². The van der Waals surface area contributed by atoms with Crippen LogP contribution in [0.25, 0.3) is 21.5 Å². The highest BCUT2D eigenvalue weighted by molar-refractivity contribution is 6.00. The second-order valence-electron chi connectivity index (χ2n) is 5.59. The van der Waals surface area contributed by atoms with Gasteiger partial charge in [0, 0.05) is 11.1 Å². The van der Waals surface area contributed by atoms with Crippen LogP contribution in [0.2, 0.25) is 0 Å². The lowest BCUT2D eigenvalue weighted by Gasteiger charge is -2.03. The number of fused-ring (bicyclic) bond motifs is 2. The summed E-state index contributed by atoms with van der Waals surface area (Å²) in [4.78, 5) is 10.3. The van der Waals surface area contributed by atoms with Gasteiger partial charge in [-0.25, -0.2) is 4.79 Å². The topological polar surface area (TPSA) is 83.6 Å². The lowest BCUT2D eigenvalue weighted by atomic mass is 10.0. The zero-order valence-corrected chi connectivity index (χ0v) is 13.4. The van der Waals surface area contributed by atoms with E-state index in [9.17, 15) is 9.90 Å². The fourth-order valence-corrected chi connectivity index (χ4v) is 2.64. The van der Waals surface area contributed by atoms with Crippen LogP contribution >= 0.6 is 0 Å². The van der Waals surface area contributed by atoms with Gasteiger partial charge < -0.3 is 15.9 Å². The summed E-state index contributed by atoms with van der Waals surface area (Å²) in [6.07, 6.45) is 0. The van der Waals surface area contributed by atoms with Gasteiger partial charge in [0.2, 0.25) is 0 Å². The highest BCUT2D eigenvalue weighted by Gasteiger charge is 2.04. The standard InChI is InChI=1S/C14H10O.C7H7NO2/c15-14-7-3-6-12-8-10-4-1-2-5-11(10)9-13(12)14;8-6-4-2-1-3-5(6)7(9)10/h1-9,15H;1-4H,8H2,(H,9,10). The predicted molar refractivity (Wildman–Crippen MR) is 101 cm³/mol. The number of hydrogen-bond donors (Lipinski definition) is 3. The highest BCUT2D eigenvalue weighted by Crippen LogP contribution is 2.28. The van der Waals surface area contributed by atoms with Crippen molar-refractivity contribution in [2.75, 3.05) is 5.73 Å². The zero-order valence-electron chi connectivity index (χ0n) is 13.4. The quantitative estimate of drug-likeness (QED) is 0.350. The van der Waals surface area contributed by atoms with Crippen molar-refractivity contribution in [2.24, 2.45) is 0 Å². The minimum absolute atomic E-state index is 0.155. The number of hydrogen-bond acceptors (Lipinski definition) is 3. The Labute approximate surface area is 144 Å². The Morgan fingerprint density at radius 3 is 2.00 bits per heavy atom. The lowest BCUT2D eigenvalue weighted by Crippen LogP contribution is -2.00. The number of para-hydroxylation sites is 1. The number of anilines is 1. The predicted octanol–water partition coefficient (Wildman–Crippen LogP) is 4.67. The van der Waals surface area contributed by atoms with Crippen molar-refractivity contribution < 1.29 is 15.0 Å². The fraction of sp³-hybridized carbons (Fsp3) is 0. The first-order valence-electron chi connectivity index (χ1n) is 7.74. The Morgan fingerprint density at radius 2 is 1.36 bits per heavy atom. The van der Waals surface area contributed by atoms with Crippen molar-refractivity contribution in [1.82, 2.24) is 0 Å². The number of benzene rings is 4. The van der Waals surface area contributed by atoms with Crippen molar-refractivity contribution in [1.29, 1.82) is 0 Å². The van der Waals surface area contributed by atoms with E-state index in [1.807, 2.05) is 30.3 Å². The lowest BCUT2D eigenvalue weighted by molar-refractivity contribution is 0.0698. The number of carboxylic acids is 1. The molecule has 0 aromatic heterocycles. The number of rotatable bonds is 1. The molecule has 4 N–H and O–H groups in total. The van der Waals surface area contributed by atoms with Crippen molar-refractivity contribution in [2.45, 2.75) is 0 Å². The molecule has 124 valence electrons. The number of phenolic OH excluding ortho intramolecular Hbond substituents is 1. The van der Waals surface area contributed by atoms with E-state index >= 15 is 0 Å². The SMILES string of the molecule is Nc1ccccc1C(=O)O.Oc1cccc2cc3ccccc3cc12. The summed E-state index contributed by atoms with van der Waals surface area (Å²) in [6, 6.07) is 24.3. The normalized spacial score (nSPS) is 10.2. The van der Waals surface area contributed by atoms with Crippen molar-refractivity contribution in [3.8, 4) is 5.75 Å². The molecule has 0 atom stereocenters. The molecule has 4 rings (SSSR count). The van der Waals surface area contributed by atoms with E-state index in [-0.39, 0.29) is 5.56 Å². The Kier molecular flexibility index (Phi) is 4.53. The van der Waals surface area contributed by atoms with Crippen LogP contribution in [0.3, 0.4) is 0 Å². The largest absolute Gasteiger partial charge is 0.507 e. The number of aromatic carboxylic acids is 1. The van der Waals surface area contributed by atoms with Gasteiger partial charge in [0.25, 0.3) is 0 Å². The van der Waals surface area contributed by atoms with Crippen LogP contribution in [0.15, 0.2) is 78.9 Å². The van der Waals surface area contributed by atoms with E-state index < -0.39 is 5.97 Å². The second kappa shape index (κ2) is 6.93. The molecule has 0 spiro atoms. The van der Waals surface area contributed by atoms with Crippen LogP contribution in [0.4, 0.5) is 5.69 Å². The summed E-state index contributed by atoms with van der Waals surface area (Å²) >= 11 is 0. The van der Waals surface area contributed by atoms with E-state index in [0.717, 1.165) is 16.2 Å². The van der Waals surface area contributed by atoms with Gasteiger partial charge in [-0.3, -0.25) is 0 Å². The van der Waals surface area contributed by atoms with Crippen LogP contribution < -0.4 is 5.73 Å². The second-order valence-corrected chi connectivity index (χ2v) is 5.59. The van der Waals surface area contributed by atoms with E-state index in [1.165, 1.54) is 11.5 Å². The van der Waals surface area contributed by atoms with Crippen LogP contribution in [-0.4, -0.2) is 16.2 Å². The molecule has 0 bridgehead atoms. The number of nitrogen functional groups attached to an aromatic ring is 1. The minimum atomic E-state index is -0.988. The third-order valence-corrected chi connectivity index (χ3v) is 3.91. The molecule has 0 aliphatic heterocycles. The maximum Gasteiger partial charge on any atom is 0.337 e.